The Morgan fingerprint density at radius 1 is 1.35 bits per heavy atom. The lowest BCUT2D eigenvalue weighted by molar-refractivity contribution is -0.121. The Kier molecular flexibility index (Phi) is 4.77. The van der Waals surface area contributed by atoms with Crippen molar-refractivity contribution in [1.82, 2.24) is 4.90 Å². The zero-order chi connectivity index (χ0) is 14.6. The Hall–Kier alpha value is -0.990. The average molecular weight is 300 g/mol. The monoisotopic (exact) mass is 300 g/mol. The van der Waals surface area contributed by atoms with E-state index in [-0.39, 0.29) is 6.54 Å². The van der Waals surface area contributed by atoms with Crippen molar-refractivity contribution in [2.45, 2.75) is 12.1 Å². The summed E-state index contributed by atoms with van der Waals surface area (Å²) in [5, 5.41) is 9.43. The van der Waals surface area contributed by atoms with Crippen LogP contribution in [0.2, 0.25) is 0 Å². The Morgan fingerprint density at radius 3 is 2.65 bits per heavy atom. The SMILES string of the molecule is O=S(=O)([O-])CC1(CO)CN(Cc2ccccc2)CCO1. The van der Waals surface area contributed by atoms with Gasteiger partial charge in [-0.3, -0.25) is 4.90 Å². The van der Waals surface area contributed by atoms with Gasteiger partial charge in [-0.25, -0.2) is 8.42 Å². The number of aliphatic hydroxyl groups is 1. The molecule has 1 aliphatic rings. The van der Waals surface area contributed by atoms with E-state index in [1.807, 2.05) is 35.2 Å². The van der Waals surface area contributed by atoms with Gasteiger partial charge in [0.2, 0.25) is 0 Å². The molecule has 7 heteroatoms. The second-order valence-corrected chi connectivity index (χ2v) is 6.49. The standard InChI is InChI=1S/C13H19NO5S/c15-10-13(11-20(16,17)18)9-14(6-7-19-13)8-12-4-2-1-3-5-12/h1-5,15H,6-11H2,(H,16,17,18)/p-1. The number of morpholine rings is 1. The summed E-state index contributed by atoms with van der Waals surface area (Å²) in [5.41, 5.74) is -0.223. The van der Waals surface area contributed by atoms with Gasteiger partial charge in [-0.1, -0.05) is 30.3 Å². The molecule has 1 N–H and O–H groups in total. The summed E-state index contributed by atoms with van der Waals surface area (Å²) in [4.78, 5) is 1.99. The topological polar surface area (TPSA) is 89.9 Å². The number of aliphatic hydroxyl groups excluding tert-OH is 1. The molecule has 2 rings (SSSR count). The lowest BCUT2D eigenvalue weighted by atomic mass is 10.0. The van der Waals surface area contributed by atoms with Crippen LogP contribution in [-0.2, 0) is 21.4 Å². The zero-order valence-electron chi connectivity index (χ0n) is 11.1. The number of hydrogen-bond acceptors (Lipinski definition) is 6. The first-order chi connectivity index (χ1) is 9.42. The fraction of sp³-hybridized carbons (Fsp3) is 0.538. The highest BCUT2D eigenvalue weighted by atomic mass is 32.2. The summed E-state index contributed by atoms with van der Waals surface area (Å²) in [6.07, 6.45) is 0. The van der Waals surface area contributed by atoms with Crippen molar-refractivity contribution in [2.24, 2.45) is 0 Å². The van der Waals surface area contributed by atoms with Crippen LogP contribution in [0.5, 0.6) is 0 Å². The molecule has 1 aromatic carbocycles. The Balaban J connectivity index is 2.06. The van der Waals surface area contributed by atoms with E-state index in [2.05, 4.69) is 0 Å². The minimum absolute atomic E-state index is 0.222. The molecule has 0 aromatic heterocycles. The van der Waals surface area contributed by atoms with Crippen LogP contribution in [-0.4, -0.2) is 60.6 Å². The maximum atomic E-state index is 11.0. The molecule has 1 unspecified atom stereocenters. The van der Waals surface area contributed by atoms with Crippen LogP contribution >= 0.6 is 0 Å². The van der Waals surface area contributed by atoms with Gasteiger partial charge in [0.1, 0.15) is 5.60 Å². The van der Waals surface area contributed by atoms with Crippen LogP contribution < -0.4 is 0 Å². The third-order valence-electron chi connectivity index (χ3n) is 3.30. The maximum absolute atomic E-state index is 11.0. The fourth-order valence-electron chi connectivity index (χ4n) is 2.45. The normalized spacial score (nSPS) is 24.7. The summed E-state index contributed by atoms with van der Waals surface area (Å²) < 4.78 is 38.3. The second-order valence-electron chi connectivity index (χ2n) is 5.09. The van der Waals surface area contributed by atoms with Crippen molar-refractivity contribution >= 4 is 10.1 Å². The molecule has 1 saturated heterocycles. The quantitative estimate of drug-likeness (QED) is 0.757. The van der Waals surface area contributed by atoms with E-state index in [9.17, 15) is 18.1 Å². The minimum atomic E-state index is -4.45. The van der Waals surface area contributed by atoms with Gasteiger partial charge in [0.15, 0.2) is 0 Å². The van der Waals surface area contributed by atoms with Gasteiger partial charge in [0, 0.05) is 19.6 Å². The molecule has 1 fully saturated rings. The van der Waals surface area contributed by atoms with Gasteiger partial charge in [-0.15, -0.1) is 0 Å². The van der Waals surface area contributed by atoms with E-state index in [4.69, 9.17) is 4.74 Å². The average Bonchev–Trinajstić information content (AvgIpc) is 2.38. The van der Waals surface area contributed by atoms with Crippen LogP contribution in [0.1, 0.15) is 5.56 Å². The molecule has 0 aliphatic carbocycles. The maximum Gasteiger partial charge on any atom is 0.117 e. The molecule has 20 heavy (non-hydrogen) atoms. The number of rotatable bonds is 5. The first-order valence-corrected chi connectivity index (χ1v) is 7.95. The van der Waals surface area contributed by atoms with Crippen LogP contribution in [0.15, 0.2) is 30.3 Å². The van der Waals surface area contributed by atoms with Gasteiger partial charge >= 0.3 is 0 Å². The summed E-state index contributed by atoms with van der Waals surface area (Å²) in [5.74, 6) is -0.707. The van der Waals surface area contributed by atoms with Crippen molar-refractivity contribution in [2.75, 3.05) is 32.1 Å². The van der Waals surface area contributed by atoms with Crippen molar-refractivity contribution in [3.05, 3.63) is 35.9 Å². The third kappa shape index (κ3) is 4.26. The first kappa shape index (κ1) is 15.4. The van der Waals surface area contributed by atoms with Crippen molar-refractivity contribution < 1.29 is 22.8 Å². The molecule has 0 spiro atoms. The van der Waals surface area contributed by atoms with E-state index in [0.29, 0.717) is 19.7 Å². The molecule has 1 heterocycles. The molecule has 0 amide bonds. The fourth-order valence-corrected chi connectivity index (χ4v) is 3.36. The molecule has 6 nitrogen and oxygen atoms in total. The summed E-state index contributed by atoms with van der Waals surface area (Å²) in [6.45, 7) is 1.29. The van der Waals surface area contributed by atoms with Crippen molar-refractivity contribution in [1.29, 1.82) is 0 Å². The molecule has 112 valence electrons. The Morgan fingerprint density at radius 2 is 2.05 bits per heavy atom. The number of benzene rings is 1. The summed E-state index contributed by atoms with van der Waals surface area (Å²) >= 11 is 0. The van der Waals surface area contributed by atoms with Crippen molar-refractivity contribution in [3.63, 3.8) is 0 Å². The highest BCUT2D eigenvalue weighted by Gasteiger charge is 2.38. The predicted octanol–water partition coefficient (Wildman–Crippen LogP) is -0.205. The minimum Gasteiger partial charge on any atom is -0.748 e. The van der Waals surface area contributed by atoms with Gasteiger partial charge in [0.05, 0.1) is 29.1 Å². The summed E-state index contributed by atoms with van der Waals surface area (Å²) in [7, 11) is -4.45. The molecule has 0 saturated carbocycles. The lowest BCUT2D eigenvalue weighted by Crippen LogP contribution is -2.57. The van der Waals surface area contributed by atoms with Crippen LogP contribution in [0.25, 0.3) is 0 Å². The van der Waals surface area contributed by atoms with Gasteiger partial charge in [-0.05, 0) is 5.56 Å². The Bertz CT molecular complexity index is 533. The van der Waals surface area contributed by atoms with E-state index < -0.39 is 28.1 Å². The van der Waals surface area contributed by atoms with E-state index in [1.54, 1.807) is 0 Å². The van der Waals surface area contributed by atoms with E-state index in [0.717, 1.165) is 5.56 Å². The molecule has 1 atom stereocenters. The smallest absolute Gasteiger partial charge is 0.117 e. The molecule has 1 aliphatic heterocycles. The lowest BCUT2D eigenvalue weighted by Gasteiger charge is -2.42. The van der Waals surface area contributed by atoms with Gasteiger partial charge in [0.25, 0.3) is 0 Å². The molecule has 0 bridgehead atoms. The van der Waals surface area contributed by atoms with Gasteiger partial charge in [-0.2, -0.15) is 0 Å². The first-order valence-electron chi connectivity index (χ1n) is 6.37. The highest BCUT2D eigenvalue weighted by Crippen LogP contribution is 2.21. The largest absolute Gasteiger partial charge is 0.748 e. The summed E-state index contributed by atoms with van der Waals surface area (Å²) in [6, 6.07) is 9.72. The molecular weight excluding hydrogens is 282 g/mol. The highest BCUT2D eigenvalue weighted by molar-refractivity contribution is 7.85. The van der Waals surface area contributed by atoms with Crippen molar-refractivity contribution in [3.8, 4) is 0 Å². The van der Waals surface area contributed by atoms with Crippen LogP contribution in [0.3, 0.4) is 0 Å². The van der Waals surface area contributed by atoms with E-state index >= 15 is 0 Å². The molecular formula is C13H18NO5S-. The number of hydrogen-bond donors (Lipinski definition) is 1. The molecule has 0 radical (unpaired) electrons. The number of nitrogens with zero attached hydrogens (tertiary/aromatic N) is 1. The van der Waals surface area contributed by atoms with Gasteiger partial charge < -0.3 is 14.4 Å². The number of ether oxygens (including phenoxy) is 1. The van der Waals surface area contributed by atoms with Crippen LogP contribution in [0.4, 0.5) is 0 Å². The van der Waals surface area contributed by atoms with Crippen LogP contribution in [0, 0.1) is 0 Å². The second kappa shape index (κ2) is 6.19. The van der Waals surface area contributed by atoms with E-state index in [1.165, 1.54) is 0 Å². The zero-order valence-corrected chi connectivity index (χ0v) is 11.9. The third-order valence-corrected chi connectivity index (χ3v) is 4.18. The predicted molar refractivity (Wildman–Crippen MR) is 72.1 cm³/mol. The Labute approximate surface area is 118 Å². The molecule has 1 aromatic rings.